The van der Waals surface area contributed by atoms with Crippen LogP contribution in [0.1, 0.15) is 45.2 Å². The van der Waals surface area contributed by atoms with Crippen LogP contribution in [0.3, 0.4) is 0 Å². The van der Waals surface area contributed by atoms with Crippen molar-refractivity contribution in [3.05, 3.63) is 35.9 Å². The predicted octanol–water partition coefficient (Wildman–Crippen LogP) is 3.87. The smallest absolute Gasteiger partial charge is 0.0396 e. The predicted molar refractivity (Wildman–Crippen MR) is 69.4 cm³/mol. The van der Waals surface area contributed by atoms with Crippen molar-refractivity contribution >= 4 is 0 Å². The van der Waals surface area contributed by atoms with Crippen molar-refractivity contribution < 1.29 is 0 Å². The lowest BCUT2D eigenvalue weighted by Gasteiger charge is -2.38. The summed E-state index contributed by atoms with van der Waals surface area (Å²) in [6.07, 6.45) is 2.72. The molecule has 1 aliphatic rings. The Labute approximate surface area is 99.5 Å². The second-order valence-electron chi connectivity index (χ2n) is 5.92. The first-order valence-corrected chi connectivity index (χ1v) is 6.38. The minimum Gasteiger partial charge on any atom is -0.296 e. The van der Waals surface area contributed by atoms with Gasteiger partial charge in [0.15, 0.2) is 0 Å². The van der Waals surface area contributed by atoms with Crippen molar-refractivity contribution in [2.24, 2.45) is 5.41 Å². The Morgan fingerprint density at radius 1 is 1.00 bits per heavy atom. The van der Waals surface area contributed by atoms with Crippen LogP contribution in [0.2, 0.25) is 0 Å². The van der Waals surface area contributed by atoms with Gasteiger partial charge in [-0.1, -0.05) is 51.1 Å². The molecule has 1 atom stereocenters. The molecule has 0 saturated carbocycles. The summed E-state index contributed by atoms with van der Waals surface area (Å²) in [6, 6.07) is 11.5. The first kappa shape index (κ1) is 11.7. The monoisotopic (exact) mass is 217 g/mol. The van der Waals surface area contributed by atoms with E-state index in [0.717, 1.165) is 0 Å². The summed E-state index contributed by atoms with van der Waals surface area (Å²) in [5.41, 5.74) is 1.78. The molecule has 0 bridgehead atoms. The Kier molecular flexibility index (Phi) is 3.34. The Hall–Kier alpha value is -0.820. The molecule has 16 heavy (non-hydrogen) atoms. The Balaban J connectivity index is 2.28. The lowest BCUT2D eigenvalue weighted by Crippen LogP contribution is -2.34. The van der Waals surface area contributed by atoms with Gasteiger partial charge in [0, 0.05) is 6.04 Å². The van der Waals surface area contributed by atoms with Crippen molar-refractivity contribution in [2.45, 2.75) is 39.7 Å². The van der Waals surface area contributed by atoms with Crippen LogP contribution in [-0.4, -0.2) is 18.0 Å². The lowest BCUT2D eigenvalue weighted by molar-refractivity contribution is 0.125. The second-order valence-corrected chi connectivity index (χ2v) is 5.92. The van der Waals surface area contributed by atoms with Crippen molar-refractivity contribution in [1.29, 1.82) is 0 Å². The van der Waals surface area contributed by atoms with E-state index in [1.165, 1.54) is 31.5 Å². The molecule has 2 rings (SSSR count). The van der Waals surface area contributed by atoms with Crippen LogP contribution in [0.5, 0.6) is 0 Å². The zero-order chi connectivity index (χ0) is 11.6. The molecule has 1 aromatic carbocycles. The molecule has 88 valence electrons. The molecule has 1 heteroatoms. The summed E-state index contributed by atoms with van der Waals surface area (Å²) < 4.78 is 0. The highest BCUT2D eigenvalue weighted by Crippen LogP contribution is 2.39. The molecule has 1 fully saturated rings. The summed E-state index contributed by atoms with van der Waals surface area (Å²) >= 11 is 0. The fourth-order valence-electron chi connectivity index (χ4n) is 2.89. The van der Waals surface area contributed by atoms with E-state index >= 15 is 0 Å². The van der Waals surface area contributed by atoms with Gasteiger partial charge in [0.25, 0.3) is 0 Å². The highest BCUT2D eigenvalue weighted by Gasteiger charge is 2.32. The molecular formula is C15H23N. The third-order valence-electron chi connectivity index (χ3n) is 3.44. The van der Waals surface area contributed by atoms with Gasteiger partial charge < -0.3 is 0 Å². The number of nitrogens with zero attached hydrogens (tertiary/aromatic N) is 1. The fraction of sp³-hybridized carbons (Fsp3) is 0.600. The maximum atomic E-state index is 2.65. The van der Waals surface area contributed by atoms with Crippen LogP contribution < -0.4 is 0 Å². The third-order valence-corrected chi connectivity index (χ3v) is 3.44. The van der Waals surface area contributed by atoms with Crippen LogP contribution in [0.4, 0.5) is 0 Å². The van der Waals surface area contributed by atoms with Crippen LogP contribution in [-0.2, 0) is 0 Å². The first-order valence-electron chi connectivity index (χ1n) is 6.38. The van der Waals surface area contributed by atoms with Crippen molar-refractivity contribution in [1.82, 2.24) is 4.90 Å². The minimum atomic E-state index is 0.311. The van der Waals surface area contributed by atoms with Gasteiger partial charge in [0.05, 0.1) is 0 Å². The van der Waals surface area contributed by atoms with Crippen molar-refractivity contribution in [3.63, 3.8) is 0 Å². The van der Waals surface area contributed by atoms with Gasteiger partial charge in [-0.05, 0) is 36.9 Å². The molecule has 0 spiro atoms. The summed E-state index contributed by atoms with van der Waals surface area (Å²) in [6.45, 7) is 9.57. The van der Waals surface area contributed by atoms with E-state index < -0.39 is 0 Å². The number of hydrogen-bond donors (Lipinski definition) is 0. The number of rotatable bonds is 2. The van der Waals surface area contributed by atoms with Gasteiger partial charge >= 0.3 is 0 Å². The van der Waals surface area contributed by atoms with E-state index in [2.05, 4.69) is 56.0 Å². The minimum absolute atomic E-state index is 0.311. The van der Waals surface area contributed by atoms with E-state index in [1.807, 2.05) is 0 Å². The van der Waals surface area contributed by atoms with Crippen molar-refractivity contribution in [3.8, 4) is 0 Å². The highest BCUT2D eigenvalue weighted by atomic mass is 15.2. The van der Waals surface area contributed by atoms with E-state index in [1.54, 1.807) is 0 Å². The standard InChI is InChI=1S/C15H23N/c1-15(2,3)14(16-11-7-8-12-16)13-9-5-4-6-10-13/h4-6,9-10,14H,7-8,11-12H2,1-3H3. The Morgan fingerprint density at radius 3 is 2.06 bits per heavy atom. The molecule has 0 aliphatic carbocycles. The van der Waals surface area contributed by atoms with E-state index in [9.17, 15) is 0 Å². The van der Waals surface area contributed by atoms with Crippen LogP contribution in [0.15, 0.2) is 30.3 Å². The zero-order valence-corrected chi connectivity index (χ0v) is 10.7. The van der Waals surface area contributed by atoms with Gasteiger partial charge in [0.2, 0.25) is 0 Å². The van der Waals surface area contributed by atoms with E-state index in [0.29, 0.717) is 11.5 Å². The number of benzene rings is 1. The van der Waals surface area contributed by atoms with E-state index in [4.69, 9.17) is 0 Å². The molecule has 1 unspecified atom stereocenters. The van der Waals surface area contributed by atoms with Gasteiger partial charge in [0.1, 0.15) is 0 Å². The molecule has 1 aromatic rings. The van der Waals surface area contributed by atoms with Crippen LogP contribution in [0.25, 0.3) is 0 Å². The summed E-state index contributed by atoms with van der Waals surface area (Å²) in [5.74, 6) is 0. The van der Waals surface area contributed by atoms with Crippen LogP contribution >= 0.6 is 0 Å². The number of likely N-dealkylation sites (tertiary alicyclic amines) is 1. The molecule has 1 heterocycles. The molecule has 0 aromatic heterocycles. The molecular weight excluding hydrogens is 194 g/mol. The summed E-state index contributed by atoms with van der Waals surface area (Å²) in [4.78, 5) is 2.65. The summed E-state index contributed by atoms with van der Waals surface area (Å²) in [7, 11) is 0. The molecule has 1 saturated heterocycles. The molecule has 1 aliphatic heterocycles. The van der Waals surface area contributed by atoms with Gasteiger partial charge in [-0.2, -0.15) is 0 Å². The average Bonchev–Trinajstić information content (AvgIpc) is 2.71. The average molecular weight is 217 g/mol. The maximum absolute atomic E-state index is 2.65. The van der Waals surface area contributed by atoms with Crippen molar-refractivity contribution in [2.75, 3.05) is 13.1 Å². The van der Waals surface area contributed by atoms with Gasteiger partial charge in [-0.3, -0.25) is 4.90 Å². The number of hydrogen-bond acceptors (Lipinski definition) is 1. The molecule has 0 amide bonds. The zero-order valence-electron chi connectivity index (χ0n) is 10.7. The molecule has 0 N–H and O–H groups in total. The normalized spacial score (nSPS) is 19.9. The SMILES string of the molecule is CC(C)(C)C(c1ccccc1)N1CCCC1. The fourth-order valence-corrected chi connectivity index (χ4v) is 2.89. The summed E-state index contributed by atoms with van der Waals surface area (Å²) in [5, 5.41) is 0. The Bertz CT molecular complexity index is 317. The van der Waals surface area contributed by atoms with E-state index in [-0.39, 0.29) is 0 Å². The lowest BCUT2D eigenvalue weighted by atomic mass is 9.81. The third kappa shape index (κ3) is 2.46. The first-order chi connectivity index (χ1) is 7.59. The van der Waals surface area contributed by atoms with Crippen LogP contribution in [0, 0.1) is 5.41 Å². The second kappa shape index (κ2) is 4.58. The maximum Gasteiger partial charge on any atom is 0.0396 e. The van der Waals surface area contributed by atoms with Gasteiger partial charge in [-0.25, -0.2) is 0 Å². The quantitative estimate of drug-likeness (QED) is 0.727. The highest BCUT2D eigenvalue weighted by molar-refractivity contribution is 5.21. The van der Waals surface area contributed by atoms with Gasteiger partial charge in [-0.15, -0.1) is 0 Å². The largest absolute Gasteiger partial charge is 0.296 e. The molecule has 1 nitrogen and oxygen atoms in total. The topological polar surface area (TPSA) is 3.24 Å². The Morgan fingerprint density at radius 2 is 1.56 bits per heavy atom. The molecule has 0 radical (unpaired) electrons.